The van der Waals surface area contributed by atoms with Gasteiger partial charge in [0, 0.05) is 30.7 Å². The van der Waals surface area contributed by atoms with Gasteiger partial charge >= 0.3 is 18.0 Å². The van der Waals surface area contributed by atoms with Crippen LogP contribution < -0.4 is 16.0 Å². The molecule has 2 aromatic rings. The molecule has 9 heteroatoms. The molecule has 1 aliphatic rings. The van der Waals surface area contributed by atoms with E-state index in [1.54, 1.807) is 36.1 Å². The van der Waals surface area contributed by atoms with Crippen molar-refractivity contribution >= 4 is 29.4 Å². The molecule has 0 spiro atoms. The molecule has 0 saturated carbocycles. The van der Waals surface area contributed by atoms with E-state index in [0.29, 0.717) is 29.1 Å². The van der Waals surface area contributed by atoms with Crippen molar-refractivity contribution in [3.05, 3.63) is 70.9 Å². The summed E-state index contributed by atoms with van der Waals surface area (Å²) in [6, 6.07) is 13.2. The molecule has 0 aliphatic carbocycles. The number of allylic oxidation sites excluding steroid dienone is 1. The molecule has 1 aliphatic heterocycles. The van der Waals surface area contributed by atoms with Crippen LogP contribution in [0.25, 0.3) is 0 Å². The molecule has 0 bridgehead atoms. The van der Waals surface area contributed by atoms with Gasteiger partial charge in [0.25, 0.3) is 0 Å². The molecule has 0 fully saturated rings. The first kappa shape index (κ1) is 26.7. The second-order valence-electron chi connectivity index (χ2n) is 8.38. The van der Waals surface area contributed by atoms with Crippen LogP contribution in [0, 0.1) is 0 Å². The lowest BCUT2D eigenvalue weighted by molar-refractivity contribution is -0.140. The summed E-state index contributed by atoms with van der Waals surface area (Å²) in [4.78, 5) is 40.1. The molecule has 192 valence electrons. The molecule has 3 N–H and O–H groups in total. The van der Waals surface area contributed by atoms with Crippen molar-refractivity contribution in [1.29, 1.82) is 0 Å². The molecule has 1 heterocycles. The van der Waals surface area contributed by atoms with E-state index in [0.717, 1.165) is 24.1 Å². The van der Waals surface area contributed by atoms with Gasteiger partial charge in [-0.25, -0.2) is 14.4 Å². The van der Waals surface area contributed by atoms with E-state index < -0.39 is 12.0 Å². The number of rotatable bonds is 10. The number of nitrogens with one attached hydrogen (secondary N) is 3. The lowest BCUT2D eigenvalue weighted by Gasteiger charge is -2.35. The number of para-hydroxylation sites is 1. The largest absolute Gasteiger partial charge is 0.460 e. The average molecular weight is 495 g/mol. The Morgan fingerprint density at radius 2 is 1.83 bits per heavy atom. The molecular formula is C27H34N4O5. The van der Waals surface area contributed by atoms with Crippen molar-refractivity contribution in [3.8, 4) is 0 Å². The lowest BCUT2D eigenvalue weighted by atomic mass is 9.94. The number of carbonyl (C=O) groups is 3. The van der Waals surface area contributed by atoms with Crippen molar-refractivity contribution in [1.82, 2.24) is 10.2 Å². The third-order valence-corrected chi connectivity index (χ3v) is 5.91. The minimum atomic E-state index is -0.730. The summed E-state index contributed by atoms with van der Waals surface area (Å²) in [5.41, 5.74) is 3.82. The number of esters is 1. The van der Waals surface area contributed by atoms with E-state index in [2.05, 4.69) is 16.0 Å². The highest BCUT2D eigenvalue weighted by molar-refractivity contribution is 6.00. The Balaban J connectivity index is 1.86. The minimum absolute atomic E-state index is 0.0988. The van der Waals surface area contributed by atoms with Gasteiger partial charge in [-0.2, -0.15) is 0 Å². The summed E-state index contributed by atoms with van der Waals surface area (Å²) in [6.45, 7) is 6.57. The maximum Gasteiger partial charge on any atom is 0.338 e. The van der Waals surface area contributed by atoms with Crippen LogP contribution in [0.2, 0.25) is 0 Å². The Hall–Kier alpha value is -3.85. The number of amides is 4. The smallest absolute Gasteiger partial charge is 0.338 e. The van der Waals surface area contributed by atoms with Gasteiger partial charge in [0.15, 0.2) is 0 Å². The fourth-order valence-electron chi connectivity index (χ4n) is 4.12. The van der Waals surface area contributed by atoms with Crippen molar-refractivity contribution in [2.24, 2.45) is 0 Å². The highest BCUT2D eigenvalue weighted by Crippen LogP contribution is 2.32. The zero-order chi connectivity index (χ0) is 26.1. The lowest BCUT2D eigenvalue weighted by Crippen LogP contribution is -2.48. The number of urea groups is 2. The molecule has 0 radical (unpaired) electrons. The van der Waals surface area contributed by atoms with Crippen LogP contribution in [-0.2, 0) is 20.7 Å². The van der Waals surface area contributed by atoms with Gasteiger partial charge in [-0.1, -0.05) is 44.2 Å². The molecule has 1 atom stereocenters. The predicted octanol–water partition coefficient (Wildman–Crippen LogP) is 4.83. The van der Waals surface area contributed by atoms with Crippen molar-refractivity contribution in [2.45, 2.75) is 39.7 Å². The molecular weight excluding hydrogens is 460 g/mol. The molecule has 4 amide bonds. The van der Waals surface area contributed by atoms with Crippen LogP contribution in [0.5, 0.6) is 0 Å². The zero-order valence-electron chi connectivity index (χ0n) is 21.2. The highest BCUT2D eigenvalue weighted by atomic mass is 16.6. The van der Waals surface area contributed by atoms with E-state index in [1.165, 1.54) is 7.11 Å². The molecule has 3 rings (SSSR count). The van der Waals surface area contributed by atoms with Gasteiger partial charge in [0.05, 0.1) is 18.2 Å². The number of hydrogen-bond donors (Lipinski definition) is 3. The topological polar surface area (TPSA) is 109 Å². The molecule has 0 saturated heterocycles. The molecule has 9 nitrogen and oxygen atoms in total. The summed E-state index contributed by atoms with van der Waals surface area (Å²) in [5, 5.41) is 8.64. The number of carbonyl (C=O) groups excluding carboxylic acids is 3. The average Bonchev–Trinajstić information content (AvgIpc) is 2.86. The van der Waals surface area contributed by atoms with E-state index in [4.69, 9.17) is 9.47 Å². The third-order valence-electron chi connectivity index (χ3n) is 5.91. The number of hydrogen-bond acceptors (Lipinski definition) is 5. The van der Waals surface area contributed by atoms with Gasteiger partial charge in [0.1, 0.15) is 6.61 Å². The van der Waals surface area contributed by atoms with Crippen LogP contribution in [0.3, 0.4) is 0 Å². The summed E-state index contributed by atoms with van der Waals surface area (Å²) in [5.74, 6) is -0.525. The van der Waals surface area contributed by atoms with E-state index >= 15 is 0 Å². The van der Waals surface area contributed by atoms with Crippen LogP contribution in [-0.4, -0.2) is 49.8 Å². The number of ether oxygens (including phenoxy) is 2. The van der Waals surface area contributed by atoms with Crippen LogP contribution >= 0.6 is 0 Å². The van der Waals surface area contributed by atoms with Gasteiger partial charge < -0.3 is 25.4 Å². The standard InChI is InChI=1S/C27H34N4O5/c1-5-14-31-18(3)23(25(32)36-16-15-35-4)24(30-27(31)34)20-11-9-12-21(17-20)28-26(33)29-22-13-8-7-10-19(22)6-2/h7-13,17,24H,5-6,14-16H2,1-4H3,(H,30,34)(H2,28,29,33). The van der Waals surface area contributed by atoms with Crippen molar-refractivity contribution < 1.29 is 23.9 Å². The molecule has 36 heavy (non-hydrogen) atoms. The fourth-order valence-corrected chi connectivity index (χ4v) is 4.12. The zero-order valence-corrected chi connectivity index (χ0v) is 21.2. The highest BCUT2D eigenvalue weighted by Gasteiger charge is 2.36. The van der Waals surface area contributed by atoms with E-state index in [1.807, 2.05) is 38.1 Å². The Labute approximate surface area is 211 Å². The second-order valence-corrected chi connectivity index (χ2v) is 8.38. The Morgan fingerprint density at radius 1 is 1.06 bits per heavy atom. The first-order valence-corrected chi connectivity index (χ1v) is 12.1. The number of aryl methyl sites for hydroxylation is 1. The molecule has 0 aromatic heterocycles. The second kappa shape index (κ2) is 12.7. The number of nitrogens with zero attached hydrogens (tertiary/aromatic N) is 1. The van der Waals surface area contributed by atoms with Crippen molar-refractivity contribution in [3.63, 3.8) is 0 Å². The summed E-state index contributed by atoms with van der Waals surface area (Å²) in [7, 11) is 1.53. The van der Waals surface area contributed by atoms with Gasteiger partial charge in [-0.05, 0) is 49.1 Å². The quantitative estimate of drug-likeness (QED) is 0.324. The number of benzene rings is 2. The normalized spacial score (nSPS) is 15.4. The maximum absolute atomic E-state index is 13.1. The monoisotopic (exact) mass is 494 g/mol. The Bertz CT molecular complexity index is 1130. The first-order valence-electron chi connectivity index (χ1n) is 12.1. The van der Waals surface area contributed by atoms with Crippen LogP contribution in [0.1, 0.15) is 44.4 Å². The Morgan fingerprint density at radius 3 is 2.56 bits per heavy atom. The Kier molecular flexibility index (Phi) is 9.46. The minimum Gasteiger partial charge on any atom is -0.460 e. The number of methoxy groups -OCH3 is 1. The number of anilines is 2. The predicted molar refractivity (Wildman–Crippen MR) is 139 cm³/mol. The van der Waals surface area contributed by atoms with Crippen molar-refractivity contribution in [2.75, 3.05) is 37.5 Å². The fraction of sp³-hybridized carbons (Fsp3) is 0.370. The third kappa shape index (κ3) is 6.42. The van der Waals surface area contributed by atoms with Crippen LogP contribution in [0.4, 0.5) is 21.0 Å². The summed E-state index contributed by atoms with van der Waals surface area (Å²) >= 11 is 0. The molecule has 2 aromatic carbocycles. The summed E-state index contributed by atoms with van der Waals surface area (Å²) < 4.78 is 10.4. The van der Waals surface area contributed by atoms with E-state index in [9.17, 15) is 14.4 Å². The SMILES string of the molecule is CCCN1C(=O)NC(c2cccc(NC(=O)Nc3ccccc3CC)c2)C(C(=O)OCCOC)=C1C. The first-order chi connectivity index (χ1) is 17.4. The van der Waals surface area contributed by atoms with Crippen LogP contribution in [0.15, 0.2) is 59.8 Å². The van der Waals surface area contributed by atoms with Gasteiger partial charge in [-0.3, -0.25) is 4.90 Å². The van der Waals surface area contributed by atoms with E-state index in [-0.39, 0.29) is 25.3 Å². The molecule has 1 unspecified atom stereocenters. The maximum atomic E-state index is 13.1. The van der Waals surface area contributed by atoms with Gasteiger partial charge in [-0.15, -0.1) is 0 Å². The summed E-state index contributed by atoms with van der Waals surface area (Å²) in [6.07, 6.45) is 1.52. The van der Waals surface area contributed by atoms with Gasteiger partial charge in [0.2, 0.25) is 0 Å².